The minimum atomic E-state index is -1.50. The second kappa shape index (κ2) is 8.73. The zero-order valence-corrected chi connectivity index (χ0v) is 17.3. The van der Waals surface area contributed by atoms with Crippen molar-refractivity contribution in [2.45, 2.75) is 18.5 Å². The Bertz CT molecular complexity index is 1020. The highest BCUT2D eigenvalue weighted by atomic mass is 16.5. The van der Waals surface area contributed by atoms with Gasteiger partial charge in [-0.05, 0) is 23.8 Å². The third-order valence-corrected chi connectivity index (χ3v) is 5.64. The molecule has 0 aliphatic carbocycles. The van der Waals surface area contributed by atoms with Crippen LogP contribution >= 0.6 is 0 Å². The zero-order chi connectivity index (χ0) is 21.8. The lowest BCUT2D eigenvalue weighted by atomic mass is 9.96. The van der Waals surface area contributed by atoms with E-state index in [4.69, 9.17) is 9.47 Å². The fourth-order valence-electron chi connectivity index (χ4n) is 4.22. The molecule has 1 atom stereocenters. The zero-order valence-electron chi connectivity index (χ0n) is 17.3. The highest BCUT2D eigenvalue weighted by Crippen LogP contribution is 2.44. The molecule has 2 aromatic rings. The number of esters is 1. The van der Waals surface area contributed by atoms with Crippen molar-refractivity contribution in [3.8, 4) is 0 Å². The van der Waals surface area contributed by atoms with Gasteiger partial charge in [0.1, 0.15) is 6.61 Å². The predicted molar refractivity (Wildman–Crippen MR) is 115 cm³/mol. The van der Waals surface area contributed by atoms with Crippen molar-refractivity contribution >= 4 is 29.5 Å². The van der Waals surface area contributed by atoms with Gasteiger partial charge in [-0.25, -0.2) is 4.79 Å². The number of methoxy groups -OCH3 is 1. The first-order valence-corrected chi connectivity index (χ1v) is 10.2. The molecule has 0 radical (unpaired) electrons. The summed E-state index contributed by atoms with van der Waals surface area (Å²) in [6.07, 6.45) is 3.92. The summed E-state index contributed by atoms with van der Waals surface area (Å²) in [5, 5.41) is 0. The van der Waals surface area contributed by atoms with Crippen LogP contribution in [0.1, 0.15) is 28.8 Å². The lowest BCUT2D eigenvalue weighted by Crippen LogP contribution is -2.69. The Morgan fingerprint density at radius 2 is 1.84 bits per heavy atom. The summed E-state index contributed by atoms with van der Waals surface area (Å²) < 4.78 is 10.7. The highest BCUT2D eigenvalue weighted by molar-refractivity contribution is 6.15. The average Bonchev–Trinajstić information content (AvgIpc) is 3.15. The molecule has 2 heterocycles. The number of rotatable bonds is 7. The predicted octanol–water partition coefficient (Wildman–Crippen LogP) is 2.87. The van der Waals surface area contributed by atoms with Crippen LogP contribution in [-0.2, 0) is 19.1 Å². The molecule has 0 saturated carbocycles. The largest absolute Gasteiger partial charge is 0.458 e. The van der Waals surface area contributed by atoms with Crippen molar-refractivity contribution in [2.24, 2.45) is 0 Å². The van der Waals surface area contributed by atoms with Crippen LogP contribution in [0.15, 0.2) is 60.7 Å². The van der Waals surface area contributed by atoms with E-state index in [1.54, 1.807) is 30.3 Å². The van der Waals surface area contributed by atoms with Gasteiger partial charge in [-0.2, -0.15) is 0 Å². The first-order chi connectivity index (χ1) is 15.1. The van der Waals surface area contributed by atoms with E-state index in [-0.39, 0.29) is 44.4 Å². The summed E-state index contributed by atoms with van der Waals surface area (Å²) in [4.78, 5) is 42.4. The van der Waals surface area contributed by atoms with Gasteiger partial charge in [0.25, 0.3) is 5.91 Å². The number of anilines is 1. The summed E-state index contributed by atoms with van der Waals surface area (Å²) in [6, 6.07) is 16.5. The van der Waals surface area contributed by atoms with Crippen LogP contribution in [0.4, 0.5) is 5.69 Å². The van der Waals surface area contributed by atoms with Gasteiger partial charge < -0.3 is 14.4 Å². The number of fused-ring (bicyclic) bond motifs is 3. The molecule has 1 unspecified atom stereocenters. The SMILES string of the molecule is COCCN1C(=O)c2ccccc2N2C(=O)CCC12C(=O)OC/C=C/c1ccccc1. The van der Waals surface area contributed by atoms with Gasteiger partial charge >= 0.3 is 5.97 Å². The third kappa shape index (κ3) is 3.61. The fraction of sp³-hybridized carbons (Fsp3) is 0.292. The van der Waals surface area contributed by atoms with E-state index in [9.17, 15) is 14.4 Å². The topological polar surface area (TPSA) is 76.2 Å². The van der Waals surface area contributed by atoms with Crippen molar-refractivity contribution in [3.05, 3.63) is 71.8 Å². The molecule has 7 nitrogen and oxygen atoms in total. The molecule has 1 saturated heterocycles. The van der Waals surface area contributed by atoms with Crippen LogP contribution < -0.4 is 4.90 Å². The molecule has 0 bridgehead atoms. The number of hydrogen-bond donors (Lipinski definition) is 0. The van der Waals surface area contributed by atoms with E-state index in [0.29, 0.717) is 11.3 Å². The van der Waals surface area contributed by atoms with E-state index >= 15 is 0 Å². The summed E-state index contributed by atoms with van der Waals surface area (Å²) in [5.74, 6) is -1.13. The molecule has 2 aromatic carbocycles. The lowest BCUT2D eigenvalue weighted by molar-refractivity contribution is -0.156. The lowest BCUT2D eigenvalue weighted by Gasteiger charge is -2.48. The monoisotopic (exact) mass is 420 g/mol. The number of ether oxygens (including phenoxy) is 2. The minimum absolute atomic E-state index is 0.0332. The maximum atomic E-state index is 13.4. The van der Waals surface area contributed by atoms with Gasteiger partial charge in [0.2, 0.25) is 11.6 Å². The molecule has 0 spiro atoms. The molecule has 2 aliphatic heterocycles. The Morgan fingerprint density at radius 3 is 2.61 bits per heavy atom. The number of benzene rings is 2. The maximum absolute atomic E-state index is 13.4. The first-order valence-electron chi connectivity index (χ1n) is 10.2. The standard InChI is InChI=1S/C24H24N2O5/c1-30-17-15-25-22(28)19-11-5-6-12-20(19)26-21(27)13-14-24(25,26)23(29)31-16-7-10-18-8-3-2-4-9-18/h2-12H,13-17H2,1H3/b10-7+. The molecular weight excluding hydrogens is 396 g/mol. The van der Waals surface area contributed by atoms with Gasteiger partial charge in [0, 0.05) is 26.5 Å². The van der Waals surface area contributed by atoms with Crippen LogP contribution in [0.25, 0.3) is 6.08 Å². The third-order valence-electron chi connectivity index (χ3n) is 5.64. The Kier molecular flexibility index (Phi) is 5.86. The minimum Gasteiger partial charge on any atom is -0.458 e. The molecule has 2 amide bonds. The van der Waals surface area contributed by atoms with Crippen molar-refractivity contribution in [3.63, 3.8) is 0 Å². The molecule has 7 heteroatoms. The van der Waals surface area contributed by atoms with Gasteiger partial charge in [-0.3, -0.25) is 14.5 Å². The number of amides is 2. The summed E-state index contributed by atoms with van der Waals surface area (Å²) in [7, 11) is 1.53. The van der Waals surface area contributed by atoms with Crippen LogP contribution in [0.2, 0.25) is 0 Å². The molecule has 4 rings (SSSR count). The van der Waals surface area contributed by atoms with Crippen LogP contribution in [0.3, 0.4) is 0 Å². The Balaban J connectivity index is 1.64. The molecule has 1 fully saturated rings. The maximum Gasteiger partial charge on any atom is 0.354 e. The van der Waals surface area contributed by atoms with Crippen LogP contribution in [0.5, 0.6) is 0 Å². The van der Waals surface area contributed by atoms with Gasteiger partial charge in [-0.1, -0.05) is 48.5 Å². The first kappa shape index (κ1) is 20.8. The molecule has 0 N–H and O–H groups in total. The Morgan fingerprint density at radius 1 is 1.10 bits per heavy atom. The van der Waals surface area contributed by atoms with Crippen molar-refractivity contribution in [1.29, 1.82) is 0 Å². The van der Waals surface area contributed by atoms with Gasteiger partial charge in [0.15, 0.2) is 0 Å². The summed E-state index contributed by atoms with van der Waals surface area (Å²) in [6.45, 7) is 0.437. The molecule has 31 heavy (non-hydrogen) atoms. The van der Waals surface area contributed by atoms with Gasteiger partial charge in [0.05, 0.1) is 17.9 Å². The Hall–Kier alpha value is -3.45. The number of carbonyl (C=O) groups is 3. The number of para-hydroxylation sites is 1. The Labute approximate surface area is 180 Å². The average molecular weight is 420 g/mol. The van der Waals surface area contributed by atoms with E-state index < -0.39 is 11.6 Å². The fourth-order valence-corrected chi connectivity index (χ4v) is 4.22. The summed E-state index contributed by atoms with van der Waals surface area (Å²) in [5.41, 5.74) is 0.321. The van der Waals surface area contributed by atoms with Crippen LogP contribution in [0, 0.1) is 0 Å². The molecule has 2 aliphatic rings. The molecular formula is C24H24N2O5. The van der Waals surface area contributed by atoms with Crippen molar-refractivity contribution < 1.29 is 23.9 Å². The van der Waals surface area contributed by atoms with E-state index in [0.717, 1.165) is 5.56 Å². The van der Waals surface area contributed by atoms with Crippen molar-refractivity contribution in [1.82, 2.24) is 4.90 Å². The summed E-state index contributed by atoms with van der Waals surface area (Å²) >= 11 is 0. The number of hydrogen-bond acceptors (Lipinski definition) is 5. The number of nitrogens with zero attached hydrogens (tertiary/aromatic N) is 2. The van der Waals surface area contributed by atoms with E-state index in [2.05, 4.69) is 0 Å². The van der Waals surface area contributed by atoms with Crippen molar-refractivity contribution in [2.75, 3.05) is 31.8 Å². The van der Waals surface area contributed by atoms with Crippen LogP contribution in [-0.4, -0.2) is 55.2 Å². The van der Waals surface area contributed by atoms with Gasteiger partial charge in [-0.15, -0.1) is 0 Å². The normalized spacial score (nSPS) is 20.2. The number of carbonyl (C=O) groups excluding carboxylic acids is 3. The van der Waals surface area contributed by atoms with E-state index in [1.165, 1.54) is 16.9 Å². The second-order valence-electron chi connectivity index (χ2n) is 7.42. The smallest absolute Gasteiger partial charge is 0.354 e. The highest BCUT2D eigenvalue weighted by Gasteiger charge is 2.61. The molecule has 160 valence electrons. The van der Waals surface area contributed by atoms with E-state index in [1.807, 2.05) is 36.4 Å². The quantitative estimate of drug-likeness (QED) is 0.644. The molecule has 0 aromatic heterocycles. The second-order valence-corrected chi connectivity index (χ2v) is 7.42.